The number of alkyl halides is 3. The number of ketones is 3. The quantitative estimate of drug-likeness (QED) is 0.0168. The van der Waals surface area contributed by atoms with Crippen molar-refractivity contribution in [1.29, 1.82) is 0 Å². The molecule has 17 rings (SSSR count). The van der Waals surface area contributed by atoms with Gasteiger partial charge in [0.1, 0.15) is 73.7 Å². The van der Waals surface area contributed by atoms with Crippen LogP contribution in [0.1, 0.15) is 164 Å². The van der Waals surface area contributed by atoms with Crippen LogP contribution in [-0.2, 0) is 77.6 Å². The number of urea groups is 1. The molecule has 5 unspecified atom stereocenters. The van der Waals surface area contributed by atoms with E-state index < -0.39 is 95.5 Å². The van der Waals surface area contributed by atoms with Gasteiger partial charge in [-0.1, -0.05) is 78.6 Å². The molecule has 4 bridgehead atoms. The number of aromatic nitrogens is 3. The molecule has 6 N–H and O–H groups in total. The smallest absolute Gasteiger partial charge is 0.335 e. The summed E-state index contributed by atoms with van der Waals surface area (Å²) in [7, 11) is 0. The molecule has 11 atom stereocenters. The van der Waals surface area contributed by atoms with Crippen LogP contribution in [-0.4, -0.2) is 203 Å². The number of fused-ring (bicyclic) bond motifs is 7. The molecule has 8 fully saturated rings. The topological polar surface area (TPSA) is 335 Å². The van der Waals surface area contributed by atoms with E-state index in [1.807, 2.05) is 4.90 Å². The van der Waals surface area contributed by atoms with Gasteiger partial charge in [0.05, 0.1) is 52.1 Å². The van der Waals surface area contributed by atoms with Crippen LogP contribution in [0.15, 0.2) is 133 Å². The van der Waals surface area contributed by atoms with Crippen molar-refractivity contribution >= 4 is 150 Å². The third-order valence-corrected chi connectivity index (χ3v) is 25.4. The van der Waals surface area contributed by atoms with Gasteiger partial charge in [-0.15, -0.1) is 0 Å². The van der Waals surface area contributed by atoms with E-state index in [0.717, 1.165) is 54.2 Å². The molecule has 27 nitrogen and oxygen atoms in total. The summed E-state index contributed by atoms with van der Waals surface area (Å²) in [6.07, 6.45) is 11.9. The summed E-state index contributed by atoms with van der Waals surface area (Å²) in [6.45, 7) is 7.18. The van der Waals surface area contributed by atoms with Gasteiger partial charge in [-0.05, 0) is 170 Å². The highest BCUT2D eigenvalue weighted by Gasteiger charge is 2.45. The van der Waals surface area contributed by atoms with Crippen LogP contribution in [0.2, 0.25) is 15.1 Å². The van der Waals surface area contributed by atoms with Gasteiger partial charge in [0, 0.05) is 154 Å². The van der Waals surface area contributed by atoms with Crippen LogP contribution in [0.25, 0.3) is 32.7 Å². The van der Waals surface area contributed by atoms with Crippen molar-refractivity contribution < 1.29 is 93.7 Å². The second-order valence-electron chi connectivity index (χ2n) is 33.4. The maximum Gasteiger partial charge on any atom is 0.335 e. The summed E-state index contributed by atoms with van der Waals surface area (Å²) in [6, 6.07) is 25.0. The van der Waals surface area contributed by atoms with Gasteiger partial charge in [-0.25, -0.2) is 40.7 Å². The number of ether oxygens (including phenoxy) is 1. The number of nitrogens with zero attached hydrogens (tertiary/aromatic N) is 8. The number of benzene rings is 6. The van der Waals surface area contributed by atoms with Crippen molar-refractivity contribution in [2.75, 3.05) is 44.6 Å². The fourth-order valence-electron chi connectivity index (χ4n) is 17.9. The maximum absolute atomic E-state index is 14.5. The van der Waals surface area contributed by atoms with Crippen LogP contribution < -0.4 is 26.6 Å². The lowest BCUT2D eigenvalue weighted by atomic mass is 10.1. The lowest BCUT2D eigenvalue weighted by Crippen LogP contribution is -2.46. The predicted molar refractivity (Wildman–Crippen MR) is 473 cm³/mol. The number of halogens is 9. The molecule has 9 aromatic rings. The first-order chi connectivity index (χ1) is 61.2. The number of piperidine rings is 2. The van der Waals surface area contributed by atoms with Crippen LogP contribution in [0.3, 0.4) is 0 Å². The zero-order valence-electron chi connectivity index (χ0n) is 70.5. The number of likely N-dealkylation sites (tertiary alicyclic amines) is 4. The van der Waals surface area contributed by atoms with Gasteiger partial charge >= 0.3 is 12.0 Å². The van der Waals surface area contributed by atoms with Gasteiger partial charge in [-0.3, -0.25) is 43.2 Å². The van der Waals surface area contributed by atoms with E-state index in [9.17, 15) is 89.0 Å². The van der Waals surface area contributed by atoms with Crippen molar-refractivity contribution in [1.82, 2.24) is 54.6 Å². The van der Waals surface area contributed by atoms with E-state index in [-0.39, 0.29) is 158 Å². The van der Waals surface area contributed by atoms with Crippen molar-refractivity contribution in [2.45, 2.75) is 200 Å². The number of rotatable bonds is 21. The Bertz CT molecular complexity index is 5620. The number of carbonyl (C=O) groups is 11. The Labute approximate surface area is 754 Å². The Kier molecular flexibility index (Phi) is 31.9. The minimum atomic E-state index is -1.42. The molecule has 2 aliphatic carbocycles. The summed E-state index contributed by atoms with van der Waals surface area (Å²) in [5.74, 6) is -5.72. The van der Waals surface area contributed by atoms with E-state index in [1.165, 1.54) is 165 Å². The molecule has 129 heavy (non-hydrogen) atoms. The summed E-state index contributed by atoms with van der Waals surface area (Å²) < 4.78 is 95.4. The van der Waals surface area contributed by atoms with E-state index in [2.05, 4.69) is 38.5 Å². The van der Waals surface area contributed by atoms with Gasteiger partial charge in [0.2, 0.25) is 41.5 Å². The number of carboxylic acids is 1. The molecule has 0 spiro atoms. The molecule has 6 aliphatic heterocycles. The fourth-order valence-corrected chi connectivity index (χ4v) is 18.5. The molecule has 684 valence electrons. The van der Waals surface area contributed by atoms with Gasteiger partial charge in [0.15, 0.2) is 17.3 Å². The highest BCUT2D eigenvalue weighted by atomic mass is 35.5. The fraction of sp³-hybridized carbons (Fsp3) is 0.419. The van der Waals surface area contributed by atoms with Crippen molar-refractivity contribution in [3.05, 3.63) is 199 Å². The first-order valence-electron chi connectivity index (χ1n) is 42.3. The molecule has 0 radical (unpaired) electrons. The molecule has 36 heteroatoms. The highest BCUT2D eigenvalue weighted by molar-refractivity contribution is 6.31. The van der Waals surface area contributed by atoms with Crippen LogP contribution in [0.5, 0.6) is 0 Å². The Morgan fingerprint density at radius 1 is 0.512 bits per heavy atom. The lowest BCUT2D eigenvalue weighted by molar-refractivity contribution is -0.139. The minimum Gasteiger partial charge on any atom is -0.478 e. The monoisotopic (exact) mass is 1840 g/mol. The summed E-state index contributed by atoms with van der Waals surface area (Å²) >= 11 is 17.3. The largest absolute Gasteiger partial charge is 0.478 e. The number of isocyanates is 1. The number of carboxylic acid groups (broad SMARTS) is 1. The third kappa shape index (κ3) is 22.9. The minimum absolute atomic E-state index is 0. The average Bonchev–Trinajstić information content (AvgIpc) is 1.43. The highest BCUT2D eigenvalue weighted by Crippen LogP contribution is 2.39. The number of aliphatic imine (C=N–C) groups is 1. The van der Waals surface area contributed by atoms with Gasteiger partial charge < -0.3 is 69.7 Å². The first kappa shape index (κ1) is 96.3. The summed E-state index contributed by atoms with van der Waals surface area (Å²) in [5, 5.41) is 24.5. The van der Waals surface area contributed by atoms with Crippen molar-refractivity contribution in [2.24, 2.45) is 16.8 Å². The van der Waals surface area contributed by atoms with E-state index in [0.29, 0.717) is 67.2 Å². The molecular formula is C93H100Cl3F6N13O14. The first-order valence-corrected chi connectivity index (χ1v) is 43.4. The van der Waals surface area contributed by atoms with Crippen molar-refractivity contribution in [3.63, 3.8) is 0 Å². The van der Waals surface area contributed by atoms with Crippen molar-refractivity contribution in [3.8, 4) is 0 Å². The molecule has 6 aromatic carbocycles. The molecule has 2 saturated carbocycles. The predicted octanol–water partition coefficient (Wildman–Crippen LogP) is 14.9. The number of amides is 8. The van der Waals surface area contributed by atoms with Gasteiger partial charge in [-0.2, -0.15) is 4.99 Å². The van der Waals surface area contributed by atoms with Crippen LogP contribution in [0, 0.1) is 29.3 Å². The average molecular weight is 1840 g/mol. The third-order valence-electron chi connectivity index (χ3n) is 24.5. The normalized spacial score (nSPS) is 21.4. The van der Waals surface area contributed by atoms with E-state index in [1.54, 1.807) is 47.2 Å². The maximum atomic E-state index is 14.5. The molecule has 8 aliphatic rings. The Hall–Kier alpha value is -11.7. The molecule has 3 aromatic heterocycles. The standard InChI is InChI=1S/C31H32ClF2N5O4.C25H21ClF2N4O4.C25H22ClF2N3O5.C6H11N.C5H10O.CH4/c1-17(40)24-15-37(26-8-6-21(11-23(24)26)36-31(43)38-13-18-5-7-22(38)9-18)16-28(41)39-14-20(33)10-27(39)30(42)35-12-19-3-2-4-25(32)29(19)34;1-14(34)19-11-31(21-6-5-17(30-13-33)8-18(19)21)12-23(35)32-10-16(27)7-22(32)25(36)29-9-15-3-2-4-20(26)24(15)28;1-13(32)18-11-30(20-6-5-14(25(35)36)7-17(18)20)12-22(33)31-10-16(27)8-21(31)24(34)29-9-15-3-2-4-19(26)23(15)28;1-2-6-3-5(1)4-7-6;1-5-3-2-4-6-5;/h2-4,6,8,11,15,18,20,22,27H,5,7,9-10,12-14,16H2,1H3,(H,35,42)(H,36,43);2-6,8,11,16,22H,7,9-10,12H2,1H3,(H,29,36);2-7,11,16,21H,8-10,12H2,1H3,(H,29,34)(H,35,36);5-7H,1-4H2;5H,2-4H2,1H3;1H4/t18?,20-,22?,27+;16-,22+;16-,21+;;;/m111.../s1. The number of nitrogens with one attached hydrogen (secondary N) is 5. The number of Topliss-reactive ketones (excluding diaryl/α,β-unsaturated/α-hetero) is 3. The number of hydrogen-bond acceptors (Lipinski definition) is 15. The van der Waals surface area contributed by atoms with Crippen LogP contribution >= 0.6 is 34.8 Å². The molecular weight excluding hydrogens is 1740 g/mol. The number of aromatic carboxylic acids is 1. The SMILES string of the molecule is C.C1CC2CC1CN2.CC(=O)c1cn(CC(=O)N2C[C@H](F)C[C@H]2C(=O)NCc2cccc(Cl)c2F)c2ccc(C(=O)O)cc12.CC(=O)c1cn(CC(=O)N2C[C@H](F)C[C@H]2C(=O)NCc2cccc(Cl)c2F)c2ccc(N=C=O)cc12.CC(=O)c1cn(CC(=O)N2C[C@H](F)C[C@H]2C(=O)NCc2cccc(Cl)c2F)c2ccc(NC(=O)N3CC4CCC3C4)cc12.CC1CCCO1. The van der Waals surface area contributed by atoms with E-state index >= 15 is 0 Å². The molecule has 8 amide bonds. The molecule has 6 saturated heterocycles. The molecule has 9 heterocycles. The van der Waals surface area contributed by atoms with Crippen LogP contribution in [0.4, 0.5) is 42.5 Å². The Balaban J connectivity index is 0.000000163. The summed E-state index contributed by atoms with van der Waals surface area (Å²) in [4.78, 5) is 159. The zero-order chi connectivity index (χ0) is 91.6. The number of carbonyl (C=O) groups excluding carboxylic acids is 11. The van der Waals surface area contributed by atoms with E-state index in [4.69, 9.17) is 39.5 Å². The lowest BCUT2D eigenvalue weighted by Gasteiger charge is -2.27. The zero-order valence-corrected chi connectivity index (χ0v) is 72.7. The summed E-state index contributed by atoms with van der Waals surface area (Å²) in [5.41, 5.74) is 3.83. The number of anilines is 1. The van der Waals surface area contributed by atoms with Gasteiger partial charge in [0.25, 0.3) is 0 Å². The Morgan fingerprint density at radius 2 is 0.938 bits per heavy atom. The number of hydrogen-bond donors (Lipinski definition) is 6. The second kappa shape index (κ2) is 42.7. The second-order valence-corrected chi connectivity index (χ2v) is 34.6. The Morgan fingerprint density at radius 3 is 1.28 bits per heavy atom.